The average molecular weight is 325 g/mol. The van der Waals surface area contributed by atoms with Crippen LogP contribution in [-0.4, -0.2) is 32.1 Å². The second-order valence-corrected chi connectivity index (χ2v) is 9.20. The van der Waals surface area contributed by atoms with Crippen LogP contribution in [0.2, 0.25) is 0 Å². The highest BCUT2D eigenvalue weighted by Gasteiger charge is 2.33. The smallest absolute Gasteiger partial charge is 0.243 e. The number of rotatable bonds is 6. The van der Waals surface area contributed by atoms with Crippen LogP contribution in [0, 0.1) is 18.3 Å². The maximum absolute atomic E-state index is 12.7. The van der Waals surface area contributed by atoms with Gasteiger partial charge in [0.2, 0.25) is 10.0 Å². The Bertz CT molecular complexity index is 600. The summed E-state index contributed by atoms with van der Waals surface area (Å²) in [4.78, 5) is 11.7. The van der Waals surface area contributed by atoms with Crippen molar-refractivity contribution in [3.8, 4) is 0 Å². The first-order valence-corrected chi connectivity index (χ1v) is 8.93. The van der Waals surface area contributed by atoms with Gasteiger partial charge in [0.15, 0.2) is 0 Å². The molecule has 0 aliphatic rings. The van der Waals surface area contributed by atoms with Crippen LogP contribution in [0.25, 0.3) is 0 Å². The molecule has 124 valence electrons. The van der Waals surface area contributed by atoms with Crippen LogP contribution < -0.4 is 0 Å². The Morgan fingerprint density at radius 3 is 2.09 bits per heavy atom. The number of benzene rings is 1. The number of sulfonamides is 1. The summed E-state index contributed by atoms with van der Waals surface area (Å²) < 4.78 is 26.6. The van der Waals surface area contributed by atoms with Crippen molar-refractivity contribution >= 4 is 16.3 Å². The minimum atomic E-state index is -3.67. The zero-order chi connectivity index (χ0) is 17.1. The van der Waals surface area contributed by atoms with Gasteiger partial charge in [0, 0.05) is 7.05 Å². The molecular weight excluding hydrogens is 298 g/mol. The van der Waals surface area contributed by atoms with E-state index in [0.29, 0.717) is 0 Å². The lowest BCUT2D eigenvalue weighted by Gasteiger charge is -2.32. The van der Waals surface area contributed by atoms with Gasteiger partial charge in [0.1, 0.15) is 6.29 Å². The lowest BCUT2D eigenvalue weighted by molar-refractivity contribution is -0.112. The molecule has 0 fully saturated rings. The monoisotopic (exact) mass is 325 g/mol. The molecule has 5 heteroatoms. The summed E-state index contributed by atoms with van der Waals surface area (Å²) in [5.41, 5.74) is 1.03. The summed E-state index contributed by atoms with van der Waals surface area (Å²) in [6.07, 6.45) is 1.51. The number of hydrogen-bond acceptors (Lipinski definition) is 3. The number of aryl methyl sites for hydroxylation is 1. The molecule has 0 radical (unpaired) electrons. The second kappa shape index (κ2) is 6.92. The molecule has 4 nitrogen and oxygen atoms in total. The van der Waals surface area contributed by atoms with Gasteiger partial charge >= 0.3 is 0 Å². The van der Waals surface area contributed by atoms with Crippen LogP contribution in [-0.2, 0) is 14.8 Å². The molecule has 0 aliphatic heterocycles. The predicted molar refractivity (Wildman–Crippen MR) is 89.2 cm³/mol. The molecule has 1 aromatic carbocycles. The first kappa shape index (κ1) is 18.8. The highest BCUT2D eigenvalue weighted by atomic mass is 32.2. The molecule has 22 heavy (non-hydrogen) atoms. The van der Waals surface area contributed by atoms with Gasteiger partial charge < -0.3 is 4.79 Å². The third kappa shape index (κ3) is 4.65. The molecule has 0 aromatic heterocycles. The molecule has 0 aliphatic carbocycles. The molecule has 0 unspecified atom stereocenters. The van der Waals surface area contributed by atoms with Gasteiger partial charge in [-0.15, -0.1) is 0 Å². The van der Waals surface area contributed by atoms with Gasteiger partial charge in [-0.25, -0.2) is 8.42 Å². The third-order valence-electron chi connectivity index (χ3n) is 3.77. The molecule has 0 saturated carbocycles. The molecule has 0 saturated heterocycles. The first-order valence-electron chi connectivity index (χ1n) is 7.49. The van der Waals surface area contributed by atoms with E-state index in [1.165, 1.54) is 11.4 Å². The third-order valence-corrected chi connectivity index (χ3v) is 5.64. The number of nitrogens with zero attached hydrogens (tertiary/aromatic N) is 1. The van der Waals surface area contributed by atoms with Crippen LogP contribution in [0.1, 0.15) is 39.7 Å². The first-order chi connectivity index (χ1) is 9.99. The Balaban J connectivity index is 3.06. The Morgan fingerprint density at radius 2 is 1.68 bits per heavy atom. The molecule has 0 amide bonds. The number of likely N-dealkylation sites (N-methyl/N-ethyl adjacent to an activating group) is 1. The van der Waals surface area contributed by atoms with E-state index in [-0.39, 0.29) is 16.2 Å². The molecule has 0 N–H and O–H groups in total. The van der Waals surface area contributed by atoms with E-state index in [1.54, 1.807) is 24.3 Å². The normalized spacial score (nSPS) is 15.6. The summed E-state index contributed by atoms with van der Waals surface area (Å²) in [7, 11) is -2.19. The number of aldehydes is 1. The molecule has 1 aromatic rings. The van der Waals surface area contributed by atoms with Crippen LogP contribution >= 0.6 is 0 Å². The number of hydrogen-bond donors (Lipinski definition) is 0. The maximum Gasteiger partial charge on any atom is 0.243 e. The molecule has 0 bridgehead atoms. The summed E-state index contributed by atoms with van der Waals surface area (Å²) >= 11 is 0. The Hall–Kier alpha value is -1.20. The van der Waals surface area contributed by atoms with E-state index < -0.39 is 16.1 Å². The van der Waals surface area contributed by atoms with Gasteiger partial charge in [0.25, 0.3) is 0 Å². The van der Waals surface area contributed by atoms with Crippen LogP contribution in [0.3, 0.4) is 0 Å². The van der Waals surface area contributed by atoms with Crippen LogP contribution in [0.4, 0.5) is 0 Å². The zero-order valence-corrected chi connectivity index (χ0v) is 15.1. The van der Waals surface area contributed by atoms with E-state index in [9.17, 15) is 13.2 Å². The number of carbonyl (C=O) groups is 1. The van der Waals surface area contributed by atoms with Crippen molar-refractivity contribution in [1.29, 1.82) is 0 Å². The van der Waals surface area contributed by atoms with E-state index >= 15 is 0 Å². The second-order valence-electron chi connectivity index (χ2n) is 7.20. The topological polar surface area (TPSA) is 54.5 Å². The quantitative estimate of drug-likeness (QED) is 0.754. The Labute approximate surface area is 134 Å². The predicted octanol–water partition coefficient (Wildman–Crippen LogP) is 3.26. The van der Waals surface area contributed by atoms with Crippen LogP contribution in [0.15, 0.2) is 29.2 Å². The molecule has 2 atom stereocenters. The fraction of sp³-hybridized carbons (Fsp3) is 0.588. The maximum atomic E-state index is 12.7. The highest BCUT2D eigenvalue weighted by Crippen LogP contribution is 2.29. The van der Waals surface area contributed by atoms with Crippen molar-refractivity contribution in [1.82, 2.24) is 4.31 Å². The van der Waals surface area contributed by atoms with Crippen molar-refractivity contribution in [3.63, 3.8) is 0 Å². The Kier molecular flexibility index (Phi) is 5.93. The Morgan fingerprint density at radius 1 is 1.18 bits per heavy atom. The fourth-order valence-electron chi connectivity index (χ4n) is 2.70. The van der Waals surface area contributed by atoms with Crippen molar-refractivity contribution in [2.75, 3.05) is 7.05 Å². The number of carbonyl (C=O) groups excluding carboxylic acids is 1. The molecule has 0 spiro atoms. The van der Waals surface area contributed by atoms with Crippen molar-refractivity contribution in [3.05, 3.63) is 29.8 Å². The summed E-state index contributed by atoms with van der Waals surface area (Å²) in [6.45, 7) is 10.1. The van der Waals surface area contributed by atoms with Gasteiger partial charge in [-0.2, -0.15) is 4.31 Å². The summed E-state index contributed by atoms with van der Waals surface area (Å²) in [5, 5.41) is 0. The van der Waals surface area contributed by atoms with E-state index in [0.717, 1.165) is 18.3 Å². The lowest BCUT2D eigenvalue weighted by Crippen LogP contribution is -2.43. The van der Waals surface area contributed by atoms with Gasteiger partial charge in [-0.1, -0.05) is 45.4 Å². The van der Waals surface area contributed by atoms with Crippen molar-refractivity contribution < 1.29 is 13.2 Å². The molecular formula is C17H27NO3S. The standard InChI is InChI=1S/C17H27NO3S/c1-13-7-9-15(10-8-13)22(20,21)18(6)16(12-19)14(2)11-17(3,4)5/h7-10,12,14,16H,11H2,1-6H3/t14-,16+/m0/s1. The SMILES string of the molecule is Cc1ccc(S(=O)(=O)N(C)[C@H](C=O)[C@@H](C)CC(C)(C)C)cc1. The van der Waals surface area contributed by atoms with E-state index in [4.69, 9.17) is 0 Å². The summed E-state index contributed by atoms with van der Waals surface area (Å²) in [5.74, 6) is -0.0530. The van der Waals surface area contributed by atoms with Gasteiger partial charge in [0.05, 0.1) is 10.9 Å². The van der Waals surface area contributed by atoms with Gasteiger partial charge in [-0.3, -0.25) is 0 Å². The van der Waals surface area contributed by atoms with Crippen molar-refractivity contribution in [2.45, 2.75) is 52.0 Å². The fourth-order valence-corrected chi connectivity index (χ4v) is 4.09. The highest BCUT2D eigenvalue weighted by molar-refractivity contribution is 7.89. The van der Waals surface area contributed by atoms with E-state index in [1.807, 2.05) is 13.8 Å². The summed E-state index contributed by atoms with van der Waals surface area (Å²) in [6, 6.07) is 6.02. The largest absolute Gasteiger partial charge is 0.302 e. The molecule has 0 heterocycles. The zero-order valence-electron chi connectivity index (χ0n) is 14.3. The molecule has 1 rings (SSSR count). The minimum absolute atomic E-state index is 0.0368. The van der Waals surface area contributed by atoms with Crippen LogP contribution in [0.5, 0.6) is 0 Å². The lowest BCUT2D eigenvalue weighted by atomic mass is 9.82. The van der Waals surface area contributed by atoms with E-state index in [2.05, 4.69) is 20.8 Å². The van der Waals surface area contributed by atoms with Gasteiger partial charge in [-0.05, 0) is 36.8 Å². The minimum Gasteiger partial charge on any atom is -0.302 e. The van der Waals surface area contributed by atoms with Crippen molar-refractivity contribution in [2.24, 2.45) is 11.3 Å². The average Bonchev–Trinajstić information content (AvgIpc) is 2.37.